The molecule has 2 aromatic rings. The van der Waals surface area contributed by atoms with Crippen molar-refractivity contribution in [1.29, 1.82) is 0 Å². The number of ether oxygens (including phenoxy) is 2. The number of methoxy groups -OCH3 is 1. The molecule has 3 heterocycles. The molecule has 0 radical (unpaired) electrons. The molecule has 8 heteroatoms. The van der Waals surface area contributed by atoms with E-state index in [9.17, 15) is 0 Å². The summed E-state index contributed by atoms with van der Waals surface area (Å²) in [6, 6.07) is 0.836. The molecule has 0 bridgehead atoms. The van der Waals surface area contributed by atoms with Crippen molar-refractivity contribution in [1.82, 2.24) is 24.4 Å². The van der Waals surface area contributed by atoms with E-state index in [0.717, 1.165) is 38.9 Å². The molecule has 2 aromatic heterocycles. The van der Waals surface area contributed by atoms with Crippen molar-refractivity contribution >= 4 is 17.0 Å². The van der Waals surface area contributed by atoms with Crippen LogP contribution in [-0.2, 0) is 6.54 Å². The molecule has 0 aromatic carbocycles. The lowest BCUT2D eigenvalue weighted by Gasteiger charge is -2.31. The van der Waals surface area contributed by atoms with Gasteiger partial charge in [-0.2, -0.15) is 15.0 Å². The van der Waals surface area contributed by atoms with Crippen LogP contribution >= 0.6 is 0 Å². The number of nitrogens with zero attached hydrogens (tertiary/aromatic N) is 5. The van der Waals surface area contributed by atoms with E-state index in [-0.39, 0.29) is 6.10 Å². The Bertz CT molecular complexity index is 778. The van der Waals surface area contributed by atoms with Gasteiger partial charge in [0.15, 0.2) is 17.0 Å². The molecule has 2 N–H and O–H groups in total. The minimum atomic E-state index is 0.0439. The molecule has 2 atom stereocenters. The van der Waals surface area contributed by atoms with Crippen molar-refractivity contribution in [2.45, 2.75) is 65.5 Å². The molecule has 2 unspecified atom stereocenters. The van der Waals surface area contributed by atoms with E-state index in [1.807, 2.05) is 11.5 Å². The zero-order chi connectivity index (χ0) is 20.1. The predicted molar refractivity (Wildman–Crippen MR) is 111 cm³/mol. The lowest BCUT2D eigenvalue weighted by molar-refractivity contribution is 0.171. The predicted octanol–water partition coefficient (Wildman–Crippen LogP) is 3.11. The van der Waals surface area contributed by atoms with E-state index in [0.29, 0.717) is 34.9 Å². The number of anilines is 1. The summed E-state index contributed by atoms with van der Waals surface area (Å²) in [5.74, 6) is 1.01. The third-order valence-corrected chi connectivity index (χ3v) is 5.56. The van der Waals surface area contributed by atoms with Gasteiger partial charge in [-0.1, -0.05) is 20.3 Å². The average Bonchev–Trinajstić information content (AvgIpc) is 3.05. The molecule has 1 aliphatic rings. The Morgan fingerprint density at radius 2 is 2.07 bits per heavy atom. The molecule has 8 nitrogen and oxygen atoms in total. The first-order valence-electron chi connectivity index (χ1n) is 10.5. The number of rotatable bonds is 9. The van der Waals surface area contributed by atoms with Gasteiger partial charge in [-0.25, -0.2) is 0 Å². The standard InChI is InChI=1S/C20H34N6O2/c1-5-8-14(3)28-19-23-17(21)16-18(24-19)26(20(22-16)27-4)12-10-15-9-7-11-25(6-2)13-15/h14-15H,5-13H2,1-4H3,(H2,21,23,24). The molecule has 0 aliphatic carbocycles. The molecule has 1 aliphatic heterocycles. The fourth-order valence-electron chi connectivity index (χ4n) is 4.02. The van der Waals surface area contributed by atoms with Crippen LogP contribution in [0.15, 0.2) is 0 Å². The van der Waals surface area contributed by atoms with E-state index in [1.54, 1.807) is 7.11 Å². The van der Waals surface area contributed by atoms with Crippen LogP contribution in [-0.4, -0.2) is 57.3 Å². The van der Waals surface area contributed by atoms with Crippen LogP contribution in [0.4, 0.5) is 5.82 Å². The van der Waals surface area contributed by atoms with Gasteiger partial charge in [-0.3, -0.25) is 4.57 Å². The fourth-order valence-corrected chi connectivity index (χ4v) is 4.02. The minimum absolute atomic E-state index is 0.0439. The number of piperidine rings is 1. The number of imidazole rings is 1. The van der Waals surface area contributed by atoms with Crippen molar-refractivity contribution in [3.05, 3.63) is 0 Å². The number of aromatic nitrogens is 4. The van der Waals surface area contributed by atoms with Crippen LogP contribution in [0.5, 0.6) is 12.0 Å². The second-order valence-corrected chi connectivity index (χ2v) is 7.72. The second kappa shape index (κ2) is 9.41. The van der Waals surface area contributed by atoms with Gasteiger partial charge in [0.2, 0.25) is 0 Å². The van der Waals surface area contributed by atoms with Gasteiger partial charge >= 0.3 is 6.01 Å². The Labute approximate surface area is 167 Å². The lowest BCUT2D eigenvalue weighted by Crippen LogP contribution is -2.35. The van der Waals surface area contributed by atoms with Crippen molar-refractivity contribution in [2.24, 2.45) is 5.92 Å². The van der Waals surface area contributed by atoms with Gasteiger partial charge in [0.05, 0.1) is 13.2 Å². The van der Waals surface area contributed by atoms with Crippen LogP contribution < -0.4 is 15.2 Å². The summed E-state index contributed by atoms with van der Waals surface area (Å²) >= 11 is 0. The van der Waals surface area contributed by atoms with E-state index < -0.39 is 0 Å². The first kappa shape index (κ1) is 20.6. The highest BCUT2D eigenvalue weighted by atomic mass is 16.5. The molecule has 28 heavy (non-hydrogen) atoms. The monoisotopic (exact) mass is 390 g/mol. The number of nitrogens with two attached hydrogens (primary N) is 1. The van der Waals surface area contributed by atoms with Crippen molar-refractivity contribution in [3.8, 4) is 12.0 Å². The number of nitrogen functional groups attached to an aromatic ring is 1. The zero-order valence-electron chi connectivity index (χ0n) is 17.6. The lowest BCUT2D eigenvalue weighted by atomic mass is 9.95. The number of hydrogen-bond acceptors (Lipinski definition) is 7. The number of likely N-dealkylation sites (tertiary alicyclic amines) is 1. The first-order chi connectivity index (χ1) is 13.5. The van der Waals surface area contributed by atoms with Gasteiger partial charge in [0, 0.05) is 13.1 Å². The fraction of sp³-hybridized carbons (Fsp3) is 0.750. The maximum atomic E-state index is 6.15. The molecular formula is C20H34N6O2. The van der Waals surface area contributed by atoms with Crippen molar-refractivity contribution in [3.63, 3.8) is 0 Å². The van der Waals surface area contributed by atoms with Gasteiger partial charge in [-0.15, -0.1) is 0 Å². The molecule has 3 rings (SSSR count). The van der Waals surface area contributed by atoms with Crippen LogP contribution in [0.3, 0.4) is 0 Å². The maximum absolute atomic E-state index is 6.15. The molecule has 156 valence electrons. The molecule has 0 spiro atoms. The van der Waals surface area contributed by atoms with E-state index in [2.05, 4.69) is 33.7 Å². The van der Waals surface area contributed by atoms with Gasteiger partial charge in [0.25, 0.3) is 6.01 Å². The summed E-state index contributed by atoms with van der Waals surface area (Å²) < 4.78 is 13.4. The topological polar surface area (TPSA) is 91.3 Å². The summed E-state index contributed by atoms with van der Waals surface area (Å²) in [4.78, 5) is 15.9. The summed E-state index contributed by atoms with van der Waals surface area (Å²) in [7, 11) is 1.63. The Balaban J connectivity index is 1.82. The summed E-state index contributed by atoms with van der Waals surface area (Å²) in [5, 5.41) is 0. The highest BCUT2D eigenvalue weighted by molar-refractivity contribution is 5.83. The summed E-state index contributed by atoms with van der Waals surface area (Å²) in [6.07, 6.45) is 5.63. The Morgan fingerprint density at radius 3 is 2.79 bits per heavy atom. The maximum Gasteiger partial charge on any atom is 0.320 e. The molecule has 1 fully saturated rings. The van der Waals surface area contributed by atoms with Crippen LogP contribution in [0.1, 0.15) is 52.9 Å². The second-order valence-electron chi connectivity index (χ2n) is 7.72. The largest absolute Gasteiger partial charge is 0.468 e. The quantitative estimate of drug-likeness (QED) is 0.703. The Morgan fingerprint density at radius 1 is 1.25 bits per heavy atom. The average molecular weight is 391 g/mol. The third-order valence-electron chi connectivity index (χ3n) is 5.56. The molecule has 0 saturated carbocycles. The third kappa shape index (κ3) is 4.66. The zero-order valence-corrected chi connectivity index (χ0v) is 17.6. The Kier molecular flexibility index (Phi) is 6.93. The van der Waals surface area contributed by atoms with Crippen LogP contribution in [0.25, 0.3) is 11.2 Å². The van der Waals surface area contributed by atoms with Gasteiger partial charge < -0.3 is 20.1 Å². The highest BCUT2D eigenvalue weighted by Crippen LogP contribution is 2.28. The molecule has 0 amide bonds. The molecular weight excluding hydrogens is 356 g/mol. The highest BCUT2D eigenvalue weighted by Gasteiger charge is 2.22. The number of hydrogen-bond donors (Lipinski definition) is 1. The smallest absolute Gasteiger partial charge is 0.320 e. The summed E-state index contributed by atoms with van der Waals surface area (Å²) in [6.45, 7) is 10.7. The van der Waals surface area contributed by atoms with Crippen LogP contribution in [0.2, 0.25) is 0 Å². The summed E-state index contributed by atoms with van der Waals surface area (Å²) in [5.41, 5.74) is 7.41. The normalized spacial score (nSPS) is 19.1. The van der Waals surface area contributed by atoms with E-state index in [1.165, 1.54) is 19.4 Å². The van der Waals surface area contributed by atoms with Crippen LogP contribution in [0, 0.1) is 5.92 Å². The SMILES string of the molecule is CCCC(C)Oc1nc(N)c2nc(OC)n(CCC3CCCN(CC)C3)c2n1. The number of aryl methyl sites for hydroxylation is 1. The van der Waals surface area contributed by atoms with Crippen molar-refractivity contribution in [2.75, 3.05) is 32.5 Å². The van der Waals surface area contributed by atoms with Crippen molar-refractivity contribution < 1.29 is 9.47 Å². The van der Waals surface area contributed by atoms with E-state index >= 15 is 0 Å². The van der Waals surface area contributed by atoms with Gasteiger partial charge in [0.1, 0.15) is 0 Å². The first-order valence-corrected chi connectivity index (χ1v) is 10.5. The van der Waals surface area contributed by atoms with Gasteiger partial charge in [-0.05, 0) is 51.6 Å². The number of fused-ring (bicyclic) bond motifs is 1. The van der Waals surface area contributed by atoms with E-state index in [4.69, 9.17) is 15.2 Å². The Hall–Kier alpha value is -2.09. The molecule has 1 saturated heterocycles. The minimum Gasteiger partial charge on any atom is -0.468 e.